The Labute approximate surface area is 199 Å². The summed E-state index contributed by atoms with van der Waals surface area (Å²) in [6, 6.07) is 12.2. The molecule has 2 heterocycles. The lowest BCUT2D eigenvalue weighted by Crippen LogP contribution is -2.22. The van der Waals surface area contributed by atoms with Gasteiger partial charge in [0, 0.05) is 23.1 Å². The quantitative estimate of drug-likeness (QED) is 0.294. The fourth-order valence-electron chi connectivity index (χ4n) is 4.47. The van der Waals surface area contributed by atoms with Crippen LogP contribution in [0.15, 0.2) is 64.0 Å². The molecule has 4 aromatic rings. The summed E-state index contributed by atoms with van der Waals surface area (Å²) >= 11 is 0. The molecule has 0 saturated heterocycles. The first-order valence-electron chi connectivity index (χ1n) is 10.8. The van der Waals surface area contributed by atoms with Gasteiger partial charge in [0.1, 0.15) is 29.2 Å². The molecule has 0 aliphatic carbocycles. The molecule has 1 aliphatic heterocycles. The minimum Gasteiger partial charge on any atom is -0.496 e. The Bertz CT molecular complexity index is 1510. The Kier molecular flexibility index (Phi) is 5.64. The number of esters is 1. The van der Waals surface area contributed by atoms with Crippen LogP contribution in [0.25, 0.3) is 22.1 Å². The largest absolute Gasteiger partial charge is 0.496 e. The molecule has 7 nitrogen and oxygen atoms in total. The van der Waals surface area contributed by atoms with Crippen LogP contribution in [0.4, 0.5) is 4.39 Å². The lowest BCUT2D eigenvalue weighted by Gasteiger charge is -2.27. The van der Waals surface area contributed by atoms with Crippen molar-refractivity contribution in [1.82, 2.24) is 0 Å². The molecule has 0 bridgehead atoms. The van der Waals surface area contributed by atoms with Crippen molar-refractivity contribution in [2.75, 3.05) is 21.3 Å². The summed E-state index contributed by atoms with van der Waals surface area (Å²) in [6.45, 7) is 0. The summed E-state index contributed by atoms with van der Waals surface area (Å²) in [5.41, 5.74) is 2.05. The van der Waals surface area contributed by atoms with Gasteiger partial charge in [-0.05, 0) is 35.9 Å². The smallest absolute Gasteiger partial charge is 0.312 e. The predicted molar refractivity (Wildman–Crippen MR) is 126 cm³/mol. The average molecular weight is 476 g/mol. The molecular formula is C27H21FO7. The van der Waals surface area contributed by atoms with Crippen LogP contribution in [0.1, 0.15) is 23.5 Å². The summed E-state index contributed by atoms with van der Waals surface area (Å²) in [5.74, 6) is 0.350. The molecule has 0 spiro atoms. The molecule has 8 heteroatoms. The second-order valence-corrected chi connectivity index (χ2v) is 8.02. The Morgan fingerprint density at radius 1 is 0.886 bits per heavy atom. The van der Waals surface area contributed by atoms with Crippen molar-refractivity contribution >= 4 is 16.9 Å². The van der Waals surface area contributed by atoms with Gasteiger partial charge in [-0.25, -0.2) is 4.39 Å². The van der Waals surface area contributed by atoms with Crippen LogP contribution in [-0.4, -0.2) is 27.3 Å². The van der Waals surface area contributed by atoms with Crippen LogP contribution in [0, 0.1) is 5.82 Å². The van der Waals surface area contributed by atoms with Gasteiger partial charge in [-0.15, -0.1) is 0 Å². The van der Waals surface area contributed by atoms with Crippen molar-refractivity contribution in [1.29, 1.82) is 0 Å². The first-order chi connectivity index (χ1) is 16.9. The normalized spacial score (nSPS) is 14.9. The minimum absolute atomic E-state index is 0.00137. The number of halogens is 1. The predicted octanol–water partition coefficient (Wildman–Crippen LogP) is 5.07. The van der Waals surface area contributed by atoms with E-state index in [-0.39, 0.29) is 11.8 Å². The topological polar surface area (TPSA) is 84.2 Å². The summed E-state index contributed by atoms with van der Waals surface area (Å²) in [5, 5.41) is 0.313. The first-order valence-corrected chi connectivity index (χ1v) is 10.8. The maximum Gasteiger partial charge on any atom is 0.312 e. The Hall–Kier alpha value is -4.33. The Morgan fingerprint density at radius 3 is 2.26 bits per heavy atom. The van der Waals surface area contributed by atoms with Crippen LogP contribution in [0.5, 0.6) is 23.0 Å². The lowest BCUT2D eigenvalue weighted by molar-refractivity contribution is -0.135. The maximum absolute atomic E-state index is 13.4. The molecule has 0 unspecified atom stereocenters. The van der Waals surface area contributed by atoms with E-state index in [9.17, 15) is 14.0 Å². The number of carbonyl (C=O) groups is 1. The molecule has 3 aromatic carbocycles. The van der Waals surface area contributed by atoms with E-state index in [1.54, 1.807) is 24.3 Å². The summed E-state index contributed by atoms with van der Waals surface area (Å²) in [6.07, 6.45) is 1.35. The number of methoxy groups -OCH3 is 3. The van der Waals surface area contributed by atoms with Gasteiger partial charge in [0.25, 0.3) is 0 Å². The van der Waals surface area contributed by atoms with Gasteiger partial charge in [0.2, 0.25) is 5.43 Å². The highest BCUT2D eigenvalue weighted by molar-refractivity contribution is 5.90. The molecule has 178 valence electrons. The van der Waals surface area contributed by atoms with Gasteiger partial charge >= 0.3 is 5.97 Å². The van der Waals surface area contributed by atoms with E-state index in [1.807, 2.05) is 0 Å². The highest BCUT2D eigenvalue weighted by Crippen LogP contribution is 2.47. The van der Waals surface area contributed by atoms with Crippen LogP contribution >= 0.6 is 0 Å². The Morgan fingerprint density at radius 2 is 1.57 bits per heavy atom. The summed E-state index contributed by atoms with van der Waals surface area (Å²) in [4.78, 5) is 25.9. The fourth-order valence-corrected chi connectivity index (χ4v) is 4.47. The van der Waals surface area contributed by atoms with Crippen molar-refractivity contribution in [3.05, 3.63) is 82.0 Å². The zero-order chi connectivity index (χ0) is 24.7. The zero-order valence-corrected chi connectivity index (χ0v) is 19.2. The van der Waals surface area contributed by atoms with Crippen molar-refractivity contribution in [2.45, 2.75) is 12.3 Å². The number of carbonyl (C=O) groups excluding carboxylic acids is 1. The van der Waals surface area contributed by atoms with Crippen molar-refractivity contribution < 1.29 is 32.5 Å². The van der Waals surface area contributed by atoms with E-state index >= 15 is 0 Å². The van der Waals surface area contributed by atoms with Gasteiger partial charge in [0.05, 0.1) is 38.7 Å². The number of hydrogen-bond acceptors (Lipinski definition) is 7. The summed E-state index contributed by atoms with van der Waals surface area (Å²) in [7, 11) is 4.55. The third kappa shape index (κ3) is 3.77. The third-order valence-corrected chi connectivity index (χ3v) is 6.15. The molecule has 1 aliphatic rings. The maximum atomic E-state index is 13.4. The molecule has 0 radical (unpaired) electrons. The van der Waals surface area contributed by atoms with Gasteiger partial charge in [0.15, 0.2) is 11.5 Å². The second kappa shape index (κ2) is 8.79. The minimum atomic E-state index is -0.537. The molecule has 0 N–H and O–H groups in total. The summed E-state index contributed by atoms with van der Waals surface area (Å²) < 4.78 is 41.3. The fraction of sp³-hybridized carbons (Fsp3) is 0.185. The molecule has 35 heavy (non-hydrogen) atoms. The van der Waals surface area contributed by atoms with E-state index in [1.165, 1.54) is 51.9 Å². The molecule has 5 rings (SSSR count). The van der Waals surface area contributed by atoms with Crippen LogP contribution < -0.4 is 24.4 Å². The van der Waals surface area contributed by atoms with Gasteiger partial charge in [-0.3, -0.25) is 9.59 Å². The number of ether oxygens (including phenoxy) is 4. The average Bonchev–Trinajstić information content (AvgIpc) is 2.87. The molecule has 1 atom stereocenters. The van der Waals surface area contributed by atoms with E-state index in [4.69, 9.17) is 23.4 Å². The lowest BCUT2D eigenvalue weighted by atomic mass is 9.84. The molecule has 0 saturated carbocycles. The van der Waals surface area contributed by atoms with Crippen molar-refractivity contribution in [3.63, 3.8) is 0 Å². The molecule has 0 fully saturated rings. The number of hydrogen-bond donors (Lipinski definition) is 0. The Balaban J connectivity index is 1.74. The molecular weight excluding hydrogens is 455 g/mol. The molecule has 1 aromatic heterocycles. The van der Waals surface area contributed by atoms with Crippen LogP contribution in [0.3, 0.4) is 0 Å². The second-order valence-electron chi connectivity index (χ2n) is 8.02. The van der Waals surface area contributed by atoms with Gasteiger partial charge in [-0.1, -0.05) is 12.1 Å². The molecule has 0 amide bonds. The SMILES string of the molecule is COc1cc(OC)c([C@@H]2CC(=O)Oc3ccc4c(=O)c(-c5ccc(F)cc5)coc4c32)cc1OC. The van der Waals surface area contributed by atoms with Crippen molar-refractivity contribution in [3.8, 4) is 34.1 Å². The zero-order valence-electron chi connectivity index (χ0n) is 19.2. The standard InChI is InChI=1S/C27H21FO7/c1-31-21-12-23(33-3)22(32-2)10-17(21)18-11-24(29)35-20-9-8-16-26(30)19(13-34-27(16)25(18)20)14-4-6-15(28)7-5-14/h4-10,12-13,18H,11H2,1-3H3/t18-/m0/s1. The van der Waals surface area contributed by atoms with Crippen LogP contribution in [0.2, 0.25) is 0 Å². The van der Waals surface area contributed by atoms with E-state index in [0.29, 0.717) is 56.2 Å². The monoisotopic (exact) mass is 476 g/mol. The number of rotatable bonds is 5. The van der Waals surface area contributed by atoms with Gasteiger partial charge < -0.3 is 23.4 Å². The van der Waals surface area contributed by atoms with E-state index in [0.717, 1.165) is 0 Å². The highest BCUT2D eigenvalue weighted by Gasteiger charge is 2.34. The van der Waals surface area contributed by atoms with E-state index < -0.39 is 17.7 Å². The highest BCUT2D eigenvalue weighted by atomic mass is 19.1. The third-order valence-electron chi connectivity index (χ3n) is 6.15. The van der Waals surface area contributed by atoms with Gasteiger partial charge in [-0.2, -0.15) is 0 Å². The first kappa shape index (κ1) is 22.5. The number of fused-ring (bicyclic) bond motifs is 3. The van der Waals surface area contributed by atoms with E-state index in [2.05, 4.69) is 0 Å². The van der Waals surface area contributed by atoms with Crippen LogP contribution in [-0.2, 0) is 4.79 Å². The van der Waals surface area contributed by atoms with Crippen molar-refractivity contribution in [2.24, 2.45) is 0 Å². The number of benzene rings is 3.